The Hall–Kier alpha value is -2.75. The molecule has 0 fully saturated rings. The first-order valence-electron chi connectivity index (χ1n) is 10.9. The van der Waals surface area contributed by atoms with Gasteiger partial charge < -0.3 is 14.8 Å². The fourth-order valence-electron chi connectivity index (χ4n) is 2.88. The van der Waals surface area contributed by atoms with Crippen LogP contribution in [0.3, 0.4) is 0 Å². The topological polar surface area (TPSA) is 47.6 Å². The van der Waals surface area contributed by atoms with Crippen molar-refractivity contribution in [3.8, 4) is 5.75 Å². The molecule has 168 valence electrons. The van der Waals surface area contributed by atoms with Gasteiger partial charge in [-0.15, -0.1) is 0 Å². The number of rotatable bonds is 7. The van der Waals surface area contributed by atoms with Crippen LogP contribution in [-0.4, -0.2) is 17.7 Å². The van der Waals surface area contributed by atoms with Crippen LogP contribution in [0.2, 0.25) is 0 Å². The van der Waals surface area contributed by atoms with Crippen LogP contribution in [0.25, 0.3) is 0 Å². The van der Waals surface area contributed by atoms with Crippen molar-refractivity contribution < 1.29 is 14.3 Å². The van der Waals surface area contributed by atoms with Crippen LogP contribution in [-0.2, 0) is 17.8 Å². The standard InChI is InChI=1S/C27H37NO3/c1-20(26(2,3)4)17-23(28-25(29)31-27(5,6)7)18-21-13-15-24(16-14-21)30-19-22-11-9-8-10-12-22/h8-17,23H,18-19H2,1-7H3,(H,28,29)/b20-17-/t23-/m1/s1. The van der Waals surface area contributed by atoms with Gasteiger partial charge in [-0.1, -0.05) is 74.9 Å². The highest BCUT2D eigenvalue weighted by Crippen LogP contribution is 2.25. The van der Waals surface area contributed by atoms with Gasteiger partial charge in [-0.05, 0) is 62.8 Å². The van der Waals surface area contributed by atoms with E-state index in [1.54, 1.807) is 0 Å². The Morgan fingerprint density at radius 3 is 2.10 bits per heavy atom. The molecule has 0 aliphatic heterocycles. The number of hydrogen-bond donors (Lipinski definition) is 1. The SMILES string of the molecule is C/C(=C/[C@H](Cc1ccc(OCc2ccccc2)cc1)NC(=O)OC(C)(C)C)C(C)(C)C. The highest BCUT2D eigenvalue weighted by atomic mass is 16.6. The third kappa shape index (κ3) is 9.29. The number of allylic oxidation sites excluding steroid dienone is 1. The van der Waals surface area contributed by atoms with Crippen LogP contribution in [0, 0.1) is 5.41 Å². The third-order valence-electron chi connectivity index (χ3n) is 4.96. The Balaban J connectivity index is 2.07. The number of carbonyl (C=O) groups excluding carboxylic acids is 1. The van der Waals surface area contributed by atoms with Gasteiger partial charge in [0.15, 0.2) is 0 Å². The molecular formula is C27H37NO3. The maximum atomic E-state index is 12.4. The summed E-state index contributed by atoms with van der Waals surface area (Å²) < 4.78 is 11.3. The van der Waals surface area contributed by atoms with E-state index in [1.165, 1.54) is 5.57 Å². The van der Waals surface area contributed by atoms with Crippen molar-refractivity contribution in [3.63, 3.8) is 0 Å². The summed E-state index contributed by atoms with van der Waals surface area (Å²) in [6, 6.07) is 18.0. The minimum absolute atomic E-state index is 0.0308. The molecule has 2 aromatic rings. The minimum Gasteiger partial charge on any atom is -0.489 e. The second kappa shape index (κ2) is 10.5. The van der Waals surface area contributed by atoms with Gasteiger partial charge in [-0.3, -0.25) is 0 Å². The highest BCUT2D eigenvalue weighted by molar-refractivity contribution is 5.68. The smallest absolute Gasteiger partial charge is 0.408 e. The molecule has 0 aliphatic rings. The lowest BCUT2D eigenvalue weighted by Gasteiger charge is -2.25. The zero-order chi connectivity index (χ0) is 23.1. The summed E-state index contributed by atoms with van der Waals surface area (Å²) >= 11 is 0. The zero-order valence-electron chi connectivity index (χ0n) is 20.0. The fourth-order valence-corrected chi connectivity index (χ4v) is 2.88. The Labute approximate surface area is 187 Å². The van der Waals surface area contributed by atoms with Crippen molar-refractivity contribution in [2.75, 3.05) is 0 Å². The van der Waals surface area contributed by atoms with E-state index in [1.807, 2.05) is 75.4 Å². The molecule has 0 aromatic heterocycles. The first kappa shape index (κ1) is 24.5. The molecule has 0 radical (unpaired) electrons. The highest BCUT2D eigenvalue weighted by Gasteiger charge is 2.21. The van der Waals surface area contributed by atoms with Crippen molar-refractivity contribution in [3.05, 3.63) is 77.4 Å². The molecule has 31 heavy (non-hydrogen) atoms. The molecule has 0 spiro atoms. The first-order chi connectivity index (χ1) is 14.4. The van der Waals surface area contributed by atoms with Gasteiger partial charge in [0.2, 0.25) is 0 Å². The zero-order valence-corrected chi connectivity index (χ0v) is 20.0. The number of ether oxygens (including phenoxy) is 2. The number of amides is 1. The van der Waals surface area contributed by atoms with Gasteiger partial charge in [0, 0.05) is 0 Å². The molecule has 2 rings (SSSR count). The predicted molar refractivity (Wildman–Crippen MR) is 127 cm³/mol. The van der Waals surface area contributed by atoms with Crippen LogP contribution in [0.5, 0.6) is 5.75 Å². The van der Waals surface area contributed by atoms with Crippen LogP contribution >= 0.6 is 0 Å². The molecule has 0 heterocycles. The maximum absolute atomic E-state index is 12.4. The fraction of sp³-hybridized carbons (Fsp3) is 0.444. The Morgan fingerprint density at radius 2 is 1.55 bits per heavy atom. The number of alkyl carbamates (subject to hydrolysis) is 1. The van der Waals surface area contributed by atoms with Crippen molar-refractivity contribution in [1.82, 2.24) is 5.32 Å². The molecule has 1 N–H and O–H groups in total. The second-order valence-electron chi connectivity index (χ2n) is 9.97. The van der Waals surface area contributed by atoms with E-state index < -0.39 is 11.7 Å². The Kier molecular flexibility index (Phi) is 8.32. The molecule has 4 nitrogen and oxygen atoms in total. The molecule has 2 aromatic carbocycles. The Bertz CT molecular complexity index is 856. The van der Waals surface area contributed by atoms with Crippen LogP contribution in [0.1, 0.15) is 59.6 Å². The first-order valence-corrected chi connectivity index (χ1v) is 10.9. The summed E-state index contributed by atoms with van der Waals surface area (Å²) in [7, 11) is 0. The number of carbonyl (C=O) groups is 1. The van der Waals surface area contributed by atoms with Crippen molar-refractivity contribution in [2.24, 2.45) is 5.41 Å². The largest absolute Gasteiger partial charge is 0.489 e. The van der Waals surface area contributed by atoms with Gasteiger partial charge >= 0.3 is 6.09 Å². The van der Waals surface area contributed by atoms with Crippen molar-refractivity contribution in [1.29, 1.82) is 0 Å². The molecule has 1 atom stereocenters. The number of nitrogens with one attached hydrogen (secondary N) is 1. The normalized spacial score (nSPS) is 13.5. The van der Waals surface area contributed by atoms with Gasteiger partial charge in [-0.2, -0.15) is 0 Å². The average Bonchev–Trinajstić information content (AvgIpc) is 2.66. The van der Waals surface area contributed by atoms with Crippen molar-refractivity contribution >= 4 is 6.09 Å². The van der Waals surface area contributed by atoms with Gasteiger partial charge in [-0.25, -0.2) is 4.79 Å². The summed E-state index contributed by atoms with van der Waals surface area (Å²) in [5, 5.41) is 3.02. The summed E-state index contributed by atoms with van der Waals surface area (Å²) in [4.78, 5) is 12.4. The van der Waals surface area contributed by atoms with Gasteiger partial charge in [0.1, 0.15) is 18.0 Å². The summed E-state index contributed by atoms with van der Waals surface area (Å²) in [6.07, 6.45) is 2.40. The molecule has 0 saturated carbocycles. The van der Waals surface area contributed by atoms with Crippen LogP contribution < -0.4 is 10.1 Å². The third-order valence-corrected chi connectivity index (χ3v) is 4.96. The molecule has 1 amide bonds. The van der Waals surface area contributed by atoms with Crippen LogP contribution in [0.4, 0.5) is 4.79 Å². The van der Waals surface area contributed by atoms with E-state index >= 15 is 0 Å². The number of hydrogen-bond acceptors (Lipinski definition) is 3. The van der Waals surface area contributed by atoms with E-state index in [9.17, 15) is 4.79 Å². The second-order valence-corrected chi connectivity index (χ2v) is 9.97. The molecule has 0 bridgehead atoms. The molecule has 4 heteroatoms. The lowest BCUT2D eigenvalue weighted by Crippen LogP contribution is -2.39. The lowest BCUT2D eigenvalue weighted by atomic mass is 9.86. The van der Waals surface area contributed by atoms with E-state index in [0.717, 1.165) is 16.9 Å². The lowest BCUT2D eigenvalue weighted by molar-refractivity contribution is 0.0514. The van der Waals surface area contributed by atoms with E-state index in [2.05, 4.69) is 39.1 Å². The maximum Gasteiger partial charge on any atom is 0.408 e. The summed E-state index contributed by atoms with van der Waals surface area (Å²) in [6.45, 7) is 14.7. The van der Waals surface area contributed by atoms with E-state index in [4.69, 9.17) is 9.47 Å². The molecule has 0 aliphatic carbocycles. The van der Waals surface area contributed by atoms with Crippen LogP contribution in [0.15, 0.2) is 66.2 Å². The predicted octanol–water partition coefficient (Wildman–Crippen LogP) is 6.69. The van der Waals surface area contributed by atoms with Gasteiger partial charge in [0.05, 0.1) is 6.04 Å². The quantitative estimate of drug-likeness (QED) is 0.504. The Morgan fingerprint density at radius 1 is 0.935 bits per heavy atom. The number of benzene rings is 2. The minimum atomic E-state index is -0.533. The molecule has 0 unspecified atom stereocenters. The van der Waals surface area contributed by atoms with Crippen molar-refractivity contribution in [2.45, 2.75) is 73.1 Å². The monoisotopic (exact) mass is 423 g/mol. The molecule has 0 saturated heterocycles. The van der Waals surface area contributed by atoms with Gasteiger partial charge in [0.25, 0.3) is 0 Å². The summed E-state index contributed by atoms with van der Waals surface area (Å²) in [5.74, 6) is 0.825. The van der Waals surface area contributed by atoms with E-state index in [-0.39, 0.29) is 11.5 Å². The molecular weight excluding hydrogens is 386 g/mol. The van der Waals surface area contributed by atoms with E-state index in [0.29, 0.717) is 13.0 Å². The summed E-state index contributed by atoms with van der Waals surface area (Å²) in [5.41, 5.74) is 2.97. The average molecular weight is 424 g/mol.